The van der Waals surface area contributed by atoms with Gasteiger partial charge in [-0.05, 0) is 17.7 Å². The first-order valence-electron chi connectivity index (χ1n) is 8.60. The van der Waals surface area contributed by atoms with Crippen LogP contribution in [0.5, 0.6) is 0 Å². The van der Waals surface area contributed by atoms with Crippen LogP contribution in [0, 0.1) is 0 Å². The van der Waals surface area contributed by atoms with Gasteiger partial charge in [-0.15, -0.1) is 0 Å². The lowest BCUT2D eigenvalue weighted by molar-refractivity contribution is 0.697. The van der Waals surface area contributed by atoms with E-state index in [9.17, 15) is 19.2 Å². The normalized spacial score (nSPS) is 11.5. The maximum Gasteiger partial charge on any atom is 0.332 e. The van der Waals surface area contributed by atoms with E-state index >= 15 is 0 Å². The third kappa shape index (κ3) is 2.55. The maximum atomic E-state index is 13.1. The van der Waals surface area contributed by atoms with Crippen molar-refractivity contribution in [3.8, 4) is 11.1 Å². The molecule has 3 heterocycles. The van der Waals surface area contributed by atoms with Crippen molar-refractivity contribution in [3.63, 3.8) is 0 Å². The van der Waals surface area contributed by atoms with E-state index in [2.05, 4.69) is 20.9 Å². The summed E-state index contributed by atoms with van der Waals surface area (Å²) in [5.74, 6) is 0. The summed E-state index contributed by atoms with van der Waals surface area (Å²) in [7, 11) is 5.73. The first-order chi connectivity index (χ1) is 13.6. The molecule has 0 atom stereocenters. The van der Waals surface area contributed by atoms with E-state index in [4.69, 9.17) is 0 Å². The fourth-order valence-corrected chi connectivity index (χ4v) is 3.76. The Morgan fingerprint density at radius 2 is 1.10 bits per heavy atom. The second kappa shape index (κ2) is 6.38. The van der Waals surface area contributed by atoms with E-state index in [-0.39, 0.29) is 22.1 Å². The molecule has 4 rings (SSSR count). The van der Waals surface area contributed by atoms with Crippen molar-refractivity contribution in [1.82, 2.24) is 23.3 Å². The number of benzene rings is 1. The lowest BCUT2D eigenvalue weighted by Crippen LogP contribution is -2.40. The van der Waals surface area contributed by atoms with Crippen LogP contribution in [0.2, 0.25) is 0 Å². The molecule has 0 radical (unpaired) electrons. The van der Waals surface area contributed by atoms with Gasteiger partial charge >= 0.3 is 11.4 Å². The summed E-state index contributed by atoms with van der Waals surface area (Å²) in [4.78, 5) is 55.5. The number of nitrogens with zero attached hydrogens (tertiary/aromatic N) is 5. The van der Waals surface area contributed by atoms with E-state index in [1.807, 2.05) is 0 Å². The first-order valence-corrected chi connectivity index (χ1v) is 9.39. The molecule has 29 heavy (non-hydrogen) atoms. The number of aromatic nitrogens is 5. The number of hydrogen-bond donors (Lipinski definition) is 0. The number of pyridine rings is 1. The van der Waals surface area contributed by atoms with Gasteiger partial charge < -0.3 is 0 Å². The standard InChI is InChI=1S/C19H16BrN5O4/c1-22-14-12(16(26)24(3)18(22)28)11(9-5-7-10(20)8-6-9)13-15(21-14)23(2)19(29)25(4)17(13)27/h5-8H,1-4H3. The molecule has 0 amide bonds. The minimum absolute atomic E-state index is 0.103. The zero-order valence-electron chi connectivity index (χ0n) is 16.1. The van der Waals surface area contributed by atoms with E-state index < -0.39 is 22.5 Å². The molecular formula is C19H16BrN5O4. The molecule has 1 aromatic carbocycles. The van der Waals surface area contributed by atoms with Crippen LogP contribution < -0.4 is 22.5 Å². The highest BCUT2D eigenvalue weighted by molar-refractivity contribution is 9.10. The fourth-order valence-electron chi connectivity index (χ4n) is 3.50. The molecule has 0 saturated heterocycles. The molecule has 3 aromatic heterocycles. The van der Waals surface area contributed by atoms with Gasteiger partial charge in [0.1, 0.15) is 0 Å². The first kappa shape index (κ1) is 19.1. The molecule has 0 unspecified atom stereocenters. The van der Waals surface area contributed by atoms with E-state index in [1.165, 1.54) is 37.3 Å². The van der Waals surface area contributed by atoms with Crippen molar-refractivity contribution in [1.29, 1.82) is 0 Å². The Labute approximate surface area is 171 Å². The second-order valence-electron chi connectivity index (χ2n) is 6.80. The predicted octanol–water partition coefficient (Wildman–Crippen LogP) is 0.612. The third-order valence-electron chi connectivity index (χ3n) is 5.11. The molecular weight excluding hydrogens is 442 g/mol. The summed E-state index contributed by atoms with van der Waals surface area (Å²) in [5.41, 5.74) is -1.09. The largest absolute Gasteiger partial charge is 0.332 e. The highest BCUT2D eigenvalue weighted by atomic mass is 79.9. The average molecular weight is 458 g/mol. The Bertz CT molecular complexity index is 1480. The highest BCUT2D eigenvalue weighted by Crippen LogP contribution is 2.31. The minimum Gasteiger partial charge on any atom is -0.280 e. The van der Waals surface area contributed by atoms with Gasteiger partial charge in [0, 0.05) is 38.2 Å². The van der Waals surface area contributed by atoms with Gasteiger partial charge in [-0.3, -0.25) is 27.9 Å². The Morgan fingerprint density at radius 3 is 1.52 bits per heavy atom. The molecule has 0 fully saturated rings. The SMILES string of the molecule is Cn1c(=O)c2c(-c3ccc(Br)cc3)c3c(=O)n(C)c(=O)n(C)c3nc2n(C)c1=O. The van der Waals surface area contributed by atoms with Gasteiger partial charge in [-0.1, -0.05) is 28.1 Å². The van der Waals surface area contributed by atoms with Crippen LogP contribution in [0.3, 0.4) is 0 Å². The zero-order valence-corrected chi connectivity index (χ0v) is 17.6. The molecule has 0 aliphatic heterocycles. The fraction of sp³-hybridized carbons (Fsp3) is 0.211. The number of fused-ring (bicyclic) bond motifs is 2. The van der Waals surface area contributed by atoms with Crippen molar-refractivity contribution in [2.24, 2.45) is 28.2 Å². The summed E-state index contributed by atoms with van der Waals surface area (Å²) in [6, 6.07) is 7.08. The summed E-state index contributed by atoms with van der Waals surface area (Å²) >= 11 is 3.38. The monoisotopic (exact) mass is 457 g/mol. The average Bonchev–Trinajstić information content (AvgIpc) is 2.72. The topological polar surface area (TPSA) is 101 Å². The van der Waals surface area contributed by atoms with Gasteiger partial charge in [-0.2, -0.15) is 0 Å². The Morgan fingerprint density at radius 1 is 0.690 bits per heavy atom. The molecule has 0 spiro atoms. The molecule has 9 nitrogen and oxygen atoms in total. The smallest absolute Gasteiger partial charge is 0.280 e. The minimum atomic E-state index is -0.564. The van der Waals surface area contributed by atoms with Crippen molar-refractivity contribution in [3.05, 3.63) is 70.4 Å². The van der Waals surface area contributed by atoms with Gasteiger partial charge in [0.05, 0.1) is 10.8 Å². The van der Waals surface area contributed by atoms with Crippen LogP contribution in [0.25, 0.3) is 33.2 Å². The Balaban J connectivity index is 2.48. The van der Waals surface area contributed by atoms with Crippen LogP contribution in [-0.4, -0.2) is 23.3 Å². The zero-order chi connectivity index (χ0) is 21.2. The molecule has 0 aliphatic carbocycles. The molecule has 0 saturated carbocycles. The summed E-state index contributed by atoms with van der Waals surface area (Å²) in [5, 5.41) is 0.278. The van der Waals surface area contributed by atoms with E-state index in [1.54, 1.807) is 24.3 Å². The van der Waals surface area contributed by atoms with E-state index in [0.29, 0.717) is 11.1 Å². The Kier molecular flexibility index (Phi) is 4.19. The van der Waals surface area contributed by atoms with Crippen molar-refractivity contribution in [2.45, 2.75) is 0 Å². The molecule has 0 aliphatic rings. The second-order valence-corrected chi connectivity index (χ2v) is 7.72. The molecule has 0 N–H and O–H groups in total. The van der Waals surface area contributed by atoms with Crippen molar-refractivity contribution in [2.75, 3.05) is 0 Å². The lowest BCUT2D eigenvalue weighted by atomic mass is 9.99. The maximum absolute atomic E-state index is 13.1. The third-order valence-corrected chi connectivity index (χ3v) is 5.64. The molecule has 148 valence electrons. The molecule has 4 aromatic rings. The highest BCUT2D eigenvalue weighted by Gasteiger charge is 2.23. The van der Waals surface area contributed by atoms with Crippen molar-refractivity contribution >= 4 is 38.0 Å². The van der Waals surface area contributed by atoms with Gasteiger partial charge in [0.2, 0.25) is 0 Å². The van der Waals surface area contributed by atoms with Crippen LogP contribution in [0.15, 0.2) is 47.9 Å². The lowest BCUT2D eigenvalue weighted by Gasteiger charge is -2.15. The van der Waals surface area contributed by atoms with E-state index in [0.717, 1.165) is 13.6 Å². The van der Waals surface area contributed by atoms with Crippen LogP contribution >= 0.6 is 15.9 Å². The van der Waals surface area contributed by atoms with Gasteiger partial charge in [-0.25, -0.2) is 14.6 Å². The van der Waals surface area contributed by atoms with Crippen LogP contribution in [0.4, 0.5) is 0 Å². The summed E-state index contributed by atoms with van der Waals surface area (Å²) < 4.78 is 5.25. The van der Waals surface area contributed by atoms with Gasteiger partial charge in [0.15, 0.2) is 11.3 Å². The number of hydrogen-bond acceptors (Lipinski definition) is 5. The predicted molar refractivity (Wildman–Crippen MR) is 113 cm³/mol. The number of aryl methyl sites for hydroxylation is 2. The summed E-state index contributed by atoms with van der Waals surface area (Å²) in [6.07, 6.45) is 0. The molecule has 10 heteroatoms. The van der Waals surface area contributed by atoms with Gasteiger partial charge in [0.25, 0.3) is 11.1 Å². The molecule has 0 bridgehead atoms. The van der Waals surface area contributed by atoms with Crippen LogP contribution in [-0.2, 0) is 28.2 Å². The quantitative estimate of drug-likeness (QED) is 0.389. The van der Waals surface area contributed by atoms with Crippen LogP contribution in [0.1, 0.15) is 0 Å². The van der Waals surface area contributed by atoms with Crippen molar-refractivity contribution < 1.29 is 0 Å². The summed E-state index contributed by atoms with van der Waals surface area (Å²) in [6.45, 7) is 0. The Hall–Kier alpha value is -3.27. The number of halogens is 1. The number of rotatable bonds is 1.